The van der Waals surface area contributed by atoms with E-state index in [0.717, 1.165) is 27.8 Å². The molecule has 0 aromatic heterocycles. The molecule has 1 aliphatic heterocycles. The predicted octanol–water partition coefficient (Wildman–Crippen LogP) is 5.68. The first kappa shape index (κ1) is 20.8. The predicted molar refractivity (Wildman–Crippen MR) is 130 cm³/mol. The van der Waals surface area contributed by atoms with Gasteiger partial charge in [-0.2, -0.15) is 0 Å². The van der Waals surface area contributed by atoms with Gasteiger partial charge in [-0.25, -0.2) is 8.42 Å². The molecule has 164 valence electrons. The van der Waals surface area contributed by atoms with Crippen molar-refractivity contribution in [3.8, 4) is 11.5 Å². The van der Waals surface area contributed by atoms with Crippen molar-refractivity contribution in [3.63, 3.8) is 0 Å². The lowest BCUT2D eigenvalue weighted by atomic mass is 10.0. The lowest BCUT2D eigenvalue weighted by Crippen LogP contribution is -2.26. The van der Waals surface area contributed by atoms with Crippen molar-refractivity contribution in [2.24, 2.45) is 0 Å². The van der Waals surface area contributed by atoms with E-state index < -0.39 is 10.0 Å². The Hall–Kier alpha value is -4.10. The van der Waals surface area contributed by atoms with Crippen LogP contribution in [0.2, 0.25) is 0 Å². The average Bonchev–Trinajstić information content (AvgIpc) is 3.09. The van der Waals surface area contributed by atoms with Crippen molar-refractivity contribution >= 4 is 38.1 Å². The first-order valence-electron chi connectivity index (χ1n) is 10.3. The van der Waals surface area contributed by atoms with Crippen molar-refractivity contribution in [2.75, 3.05) is 9.62 Å². The summed E-state index contributed by atoms with van der Waals surface area (Å²) in [5, 5.41) is 2.24. The molecule has 6 nitrogen and oxygen atoms in total. The van der Waals surface area contributed by atoms with Crippen molar-refractivity contribution in [1.82, 2.24) is 0 Å². The van der Waals surface area contributed by atoms with Gasteiger partial charge in [0, 0.05) is 21.7 Å². The number of ether oxygens (including phenoxy) is 1. The van der Waals surface area contributed by atoms with E-state index in [9.17, 15) is 13.2 Å². The Morgan fingerprint density at radius 1 is 0.909 bits per heavy atom. The lowest BCUT2D eigenvalue weighted by molar-refractivity contribution is 0.0991. The van der Waals surface area contributed by atoms with Crippen LogP contribution in [0.15, 0.2) is 96.9 Å². The Labute approximate surface area is 191 Å². The first-order valence-corrected chi connectivity index (χ1v) is 11.8. The van der Waals surface area contributed by atoms with E-state index in [2.05, 4.69) is 11.3 Å². The summed E-state index contributed by atoms with van der Waals surface area (Å²) in [5.74, 6) is 1.29. The van der Waals surface area contributed by atoms with Crippen molar-refractivity contribution in [2.45, 2.75) is 6.54 Å². The number of hydrogen-bond donors (Lipinski definition) is 1. The highest BCUT2D eigenvalue weighted by molar-refractivity contribution is 7.95. The second-order valence-corrected chi connectivity index (χ2v) is 9.26. The molecule has 33 heavy (non-hydrogen) atoms. The molecular weight excluding hydrogens is 436 g/mol. The Balaban J connectivity index is 1.48. The molecule has 7 heteroatoms. The van der Waals surface area contributed by atoms with Crippen LogP contribution in [0.3, 0.4) is 0 Å². The van der Waals surface area contributed by atoms with E-state index in [-0.39, 0.29) is 5.91 Å². The van der Waals surface area contributed by atoms with Gasteiger partial charge < -0.3 is 9.64 Å². The Kier molecular flexibility index (Phi) is 5.11. The molecule has 1 aliphatic rings. The molecule has 0 aliphatic carbocycles. The average molecular weight is 457 g/mol. The highest BCUT2D eigenvalue weighted by atomic mass is 32.2. The minimum atomic E-state index is -3.67. The lowest BCUT2D eigenvalue weighted by Gasteiger charge is -2.19. The molecule has 1 amide bonds. The summed E-state index contributed by atoms with van der Waals surface area (Å²) in [6.07, 6.45) is 0. The molecule has 0 saturated heterocycles. The quantitative estimate of drug-likeness (QED) is 0.388. The van der Waals surface area contributed by atoms with Gasteiger partial charge in [0.2, 0.25) is 0 Å². The minimum Gasteiger partial charge on any atom is -0.457 e. The molecule has 0 spiro atoms. The second-order valence-electron chi connectivity index (χ2n) is 7.63. The Morgan fingerprint density at radius 3 is 2.45 bits per heavy atom. The summed E-state index contributed by atoms with van der Waals surface area (Å²) in [4.78, 5) is 14.9. The number of para-hydroxylation sites is 1. The number of hydrogen-bond acceptors (Lipinski definition) is 4. The van der Waals surface area contributed by atoms with Gasteiger partial charge in [-0.3, -0.25) is 9.52 Å². The standard InChI is InChI=1S/C26H20N2O4S/c1-2-33(30,31)27-23-14-15-24-25-21(23)12-7-13-22(25)26(29)28(24)17-18-8-6-11-20(16-18)32-19-9-4-3-5-10-19/h2-16,27H,1,17H2. The largest absolute Gasteiger partial charge is 0.457 e. The van der Waals surface area contributed by atoms with Gasteiger partial charge in [-0.1, -0.05) is 49.0 Å². The molecule has 4 aromatic carbocycles. The maximum absolute atomic E-state index is 13.3. The molecule has 0 radical (unpaired) electrons. The fraction of sp³-hybridized carbons (Fsp3) is 0.0385. The summed E-state index contributed by atoms with van der Waals surface area (Å²) in [5.41, 5.74) is 2.60. The van der Waals surface area contributed by atoms with Crippen LogP contribution in [0.4, 0.5) is 11.4 Å². The molecule has 0 saturated carbocycles. The highest BCUT2D eigenvalue weighted by Crippen LogP contribution is 2.41. The van der Waals surface area contributed by atoms with Gasteiger partial charge in [0.25, 0.3) is 15.9 Å². The van der Waals surface area contributed by atoms with Gasteiger partial charge in [-0.15, -0.1) is 0 Å². The minimum absolute atomic E-state index is 0.131. The third-order valence-corrected chi connectivity index (χ3v) is 6.42. The molecule has 0 fully saturated rings. The third kappa shape index (κ3) is 3.94. The van der Waals surface area contributed by atoms with Crippen LogP contribution in [-0.2, 0) is 16.6 Å². The molecule has 4 aromatic rings. The summed E-state index contributed by atoms with van der Waals surface area (Å²) in [6, 6.07) is 25.9. The molecule has 1 N–H and O–H groups in total. The number of carbonyl (C=O) groups is 1. The van der Waals surface area contributed by atoms with Crippen molar-refractivity contribution in [3.05, 3.63) is 108 Å². The van der Waals surface area contributed by atoms with Gasteiger partial charge in [0.15, 0.2) is 0 Å². The van der Waals surface area contributed by atoms with Crippen LogP contribution in [0, 0.1) is 0 Å². The van der Waals surface area contributed by atoms with Crippen LogP contribution >= 0.6 is 0 Å². The van der Waals surface area contributed by atoms with Gasteiger partial charge >= 0.3 is 0 Å². The van der Waals surface area contributed by atoms with E-state index in [1.807, 2.05) is 54.6 Å². The number of carbonyl (C=O) groups excluding carboxylic acids is 1. The van der Waals surface area contributed by atoms with E-state index in [4.69, 9.17) is 4.74 Å². The molecule has 0 unspecified atom stereocenters. The van der Waals surface area contributed by atoms with Crippen LogP contribution in [-0.4, -0.2) is 14.3 Å². The molecule has 0 atom stereocenters. The number of sulfonamides is 1. The first-order chi connectivity index (χ1) is 15.9. The van der Waals surface area contributed by atoms with E-state index in [1.165, 1.54) is 0 Å². The second kappa shape index (κ2) is 8.11. The zero-order valence-corrected chi connectivity index (χ0v) is 18.4. The number of benzene rings is 4. The summed E-state index contributed by atoms with van der Waals surface area (Å²) in [7, 11) is -3.67. The fourth-order valence-corrected chi connectivity index (χ4v) is 4.57. The highest BCUT2D eigenvalue weighted by Gasteiger charge is 2.30. The van der Waals surface area contributed by atoms with Crippen molar-refractivity contribution in [1.29, 1.82) is 0 Å². The Bertz CT molecular complexity index is 1500. The molecular formula is C26H20N2O4S. The van der Waals surface area contributed by atoms with E-state index in [1.54, 1.807) is 35.2 Å². The number of anilines is 2. The van der Waals surface area contributed by atoms with Crippen LogP contribution < -0.4 is 14.4 Å². The number of rotatable bonds is 7. The summed E-state index contributed by atoms with van der Waals surface area (Å²) >= 11 is 0. The van der Waals surface area contributed by atoms with Crippen LogP contribution in [0.5, 0.6) is 11.5 Å². The molecule has 0 bridgehead atoms. The zero-order valence-electron chi connectivity index (χ0n) is 17.6. The van der Waals surface area contributed by atoms with Crippen LogP contribution in [0.1, 0.15) is 15.9 Å². The number of nitrogens with zero attached hydrogens (tertiary/aromatic N) is 1. The summed E-state index contributed by atoms with van der Waals surface area (Å²) < 4.78 is 32.5. The third-order valence-electron chi connectivity index (χ3n) is 5.47. The SMILES string of the molecule is C=CS(=O)(=O)Nc1ccc2c3c(cccc13)C(=O)N2Cc1cccc(Oc2ccccc2)c1. The number of nitrogens with one attached hydrogen (secondary N) is 1. The maximum atomic E-state index is 13.3. The monoisotopic (exact) mass is 456 g/mol. The van der Waals surface area contributed by atoms with Gasteiger partial charge in [0.1, 0.15) is 11.5 Å². The van der Waals surface area contributed by atoms with Gasteiger partial charge in [0.05, 0.1) is 17.9 Å². The van der Waals surface area contributed by atoms with Gasteiger partial charge in [-0.05, 0) is 48.0 Å². The van der Waals surface area contributed by atoms with E-state index >= 15 is 0 Å². The zero-order chi connectivity index (χ0) is 23.0. The topological polar surface area (TPSA) is 75.7 Å². The molecule has 5 rings (SSSR count). The van der Waals surface area contributed by atoms with Crippen LogP contribution in [0.25, 0.3) is 10.8 Å². The number of amides is 1. The van der Waals surface area contributed by atoms with E-state index in [0.29, 0.717) is 28.9 Å². The fourth-order valence-electron chi connectivity index (χ4n) is 4.00. The van der Waals surface area contributed by atoms with Crippen molar-refractivity contribution < 1.29 is 17.9 Å². The molecule has 1 heterocycles. The maximum Gasteiger partial charge on any atom is 0.259 e. The normalized spacial score (nSPS) is 12.7. The smallest absolute Gasteiger partial charge is 0.259 e. The summed E-state index contributed by atoms with van der Waals surface area (Å²) in [6.45, 7) is 3.69. The Morgan fingerprint density at radius 2 is 1.67 bits per heavy atom.